The van der Waals surface area contributed by atoms with Crippen molar-refractivity contribution < 1.29 is 19.8 Å². The SMILES string of the molecule is CC(C)N(CCO)C(=O)N1C2CCC1CC(CC(=O)O)C2. The predicted molar refractivity (Wildman–Crippen MR) is 77.9 cm³/mol. The van der Waals surface area contributed by atoms with E-state index in [4.69, 9.17) is 10.2 Å². The Labute approximate surface area is 125 Å². The van der Waals surface area contributed by atoms with Crippen LogP contribution in [0.2, 0.25) is 0 Å². The fourth-order valence-electron chi connectivity index (χ4n) is 3.85. The molecule has 2 atom stereocenters. The molecular formula is C15H26N2O4. The molecule has 0 spiro atoms. The molecule has 2 N–H and O–H groups in total. The van der Waals surface area contributed by atoms with Gasteiger partial charge in [0.25, 0.3) is 0 Å². The number of aliphatic hydroxyl groups excluding tert-OH is 1. The zero-order valence-electron chi connectivity index (χ0n) is 12.9. The molecule has 0 aromatic heterocycles. The lowest BCUT2D eigenvalue weighted by Gasteiger charge is -2.42. The van der Waals surface area contributed by atoms with Gasteiger partial charge in [-0.3, -0.25) is 4.79 Å². The number of fused-ring (bicyclic) bond motifs is 2. The van der Waals surface area contributed by atoms with Crippen molar-refractivity contribution in [3.8, 4) is 0 Å². The molecule has 2 rings (SSSR count). The summed E-state index contributed by atoms with van der Waals surface area (Å²) in [5.41, 5.74) is 0. The molecule has 2 fully saturated rings. The van der Waals surface area contributed by atoms with Crippen molar-refractivity contribution >= 4 is 12.0 Å². The Hall–Kier alpha value is -1.30. The van der Waals surface area contributed by atoms with E-state index in [0.29, 0.717) is 6.54 Å². The predicted octanol–water partition coefficient (Wildman–Crippen LogP) is 1.53. The van der Waals surface area contributed by atoms with Crippen molar-refractivity contribution in [2.75, 3.05) is 13.2 Å². The lowest BCUT2D eigenvalue weighted by molar-refractivity contribution is -0.138. The number of piperidine rings is 1. The van der Waals surface area contributed by atoms with Gasteiger partial charge < -0.3 is 20.0 Å². The number of hydrogen-bond acceptors (Lipinski definition) is 3. The lowest BCUT2D eigenvalue weighted by Crippen LogP contribution is -2.54. The zero-order chi connectivity index (χ0) is 15.6. The highest BCUT2D eigenvalue weighted by atomic mass is 16.4. The molecule has 2 unspecified atom stereocenters. The fraction of sp³-hybridized carbons (Fsp3) is 0.867. The number of carbonyl (C=O) groups excluding carboxylic acids is 1. The van der Waals surface area contributed by atoms with E-state index < -0.39 is 5.97 Å². The van der Waals surface area contributed by atoms with Gasteiger partial charge in [0.15, 0.2) is 0 Å². The largest absolute Gasteiger partial charge is 0.481 e. The van der Waals surface area contributed by atoms with Crippen LogP contribution in [0.15, 0.2) is 0 Å². The lowest BCUT2D eigenvalue weighted by atomic mass is 9.88. The molecule has 120 valence electrons. The van der Waals surface area contributed by atoms with Gasteiger partial charge in [0.2, 0.25) is 0 Å². The molecule has 2 bridgehead atoms. The number of rotatable bonds is 5. The maximum atomic E-state index is 12.7. The van der Waals surface area contributed by atoms with E-state index in [2.05, 4.69) is 0 Å². The third-order valence-electron chi connectivity index (χ3n) is 4.72. The van der Waals surface area contributed by atoms with Crippen molar-refractivity contribution in [1.82, 2.24) is 9.80 Å². The summed E-state index contributed by atoms with van der Waals surface area (Å²) < 4.78 is 0. The third kappa shape index (κ3) is 3.48. The number of urea groups is 1. The number of carbonyl (C=O) groups is 2. The molecular weight excluding hydrogens is 272 g/mol. The van der Waals surface area contributed by atoms with E-state index in [1.165, 1.54) is 0 Å². The summed E-state index contributed by atoms with van der Waals surface area (Å²) in [6, 6.07) is 0.391. The van der Waals surface area contributed by atoms with Gasteiger partial charge >= 0.3 is 12.0 Å². The summed E-state index contributed by atoms with van der Waals surface area (Å²) in [5, 5.41) is 18.1. The first kappa shape index (κ1) is 16.1. The molecule has 6 nitrogen and oxygen atoms in total. The minimum atomic E-state index is -0.747. The van der Waals surface area contributed by atoms with E-state index in [-0.39, 0.29) is 43.1 Å². The summed E-state index contributed by atoms with van der Waals surface area (Å²) >= 11 is 0. The second-order valence-corrected chi connectivity index (χ2v) is 6.52. The molecule has 2 aliphatic heterocycles. The molecule has 0 aliphatic carbocycles. The molecule has 21 heavy (non-hydrogen) atoms. The van der Waals surface area contributed by atoms with Crippen LogP contribution in [0, 0.1) is 5.92 Å². The van der Waals surface area contributed by atoms with Gasteiger partial charge in [0.05, 0.1) is 6.61 Å². The Balaban J connectivity index is 2.05. The van der Waals surface area contributed by atoms with Crippen LogP contribution in [-0.4, -0.2) is 63.3 Å². The van der Waals surface area contributed by atoms with Gasteiger partial charge in [0.1, 0.15) is 0 Å². The molecule has 2 saturated heterocycles. The van der Waals surface area contributed by atoms with Crippen LogP contribution in [0.25, 0.3) is 0 Å². The van der Waals surface area contributed by atoms with E-state index in [0.717, 1.165) is 25.7 Å². The highest BCUT2D eigenvalue weighted by Gasteiger charge is 2.45. The number of nitrogens with zero attached hydrogens (tertiary/aromatic N) is 2. The van der Waals surface area contributed by atoms with Gasteiger partial charge in [-0.2, -0.15) is 0 Å². The first-order chi connectivity index (χ1) is 9.93. The number of hydrogen-bond donors (Lipinski definition) is 2. The van der Waals surface area contributed by atoms with Crippen LogP contribution >= 0.6 is 0 Å². The summed E-state index contributed by atoms with van der Waals surface area (Å²) in [7, 11) is 0. The van der Waals surface area contributed by atoms with E-state index in [1.807, 2.05) is 18.7 Å². The smallest absolute Gasteiger partial charge is 0.320 e. The number of aliphatic hydroxyl groups is 1. The minimum absolute atomic E-state index is 0.000301. The standard InChI is InChI=1S/C15H26N2O4/c1-10(2)16(5-6-18)15(21)17-12-3-4-13(17)8-11(7-12)9-14(19)20/h10-13,18H,3-9H2,1-2H3,(H,19,20). The molecule has 0 saturated carbocycles. The summed E-state index contributed by atoms with van der Waals surface area (Å²) in [6.45, 7) is 4.22. The summed E-state index contributed by atoms with van der Waals surface area (Å²) in [4.78, 5) is 27.3. The number of amides is 2. The Morgan fingerprint density at radius 1 is 1.24 bits per heavy atom. The van der Waals surface area contributed by atoms with Gasteiger partial charge in [0, 0.05) is 31.1 Å². The highest BCUT2D eigenvalue weighted by molar-refractivity contribution is 5.76. The highest BCUT2D eigenvalue weighted by Crippen LogP contribution is 2.40. The second kappa shape index (κ2) is 6.64. The van der Waals surface area contributed by atoms with E-state index in [9.17, 15) is 9.59 Å². The maximum Gasteiger partial charge on any atom is 0.320 e. The molecule has 2 amide bonds. The normalized spacial score (nSPS) is 28.0. The molecule has 2 aliphatic rings. The monoisotopic (exact) mass is 298 g/mol. The average molecular weight is 298 g/mol. The van der Waals surface area contributed by atoms with Crippen molar-refractivity contribution in [3.63, 3.8) is 0 Å². The Bertz CT molecular complexity index is 385. The van der Waals surface area contributed by atoms with Crippen LogP contribution in [0.1, 0.15) is 46.0 Å². The second-order valence-electron chi connectivity index (χ2n) is 6.52. The molecule has 6 heteroatoms. The van der Waals surface area contributed by atoms with Crippen LogP contribution in [-0.2, 0) is 4.79 Å². The average Bonchev–Trinajstić information content (AvgIpc) is 2.66. The van der Waals surface area contributed by atoms with Crippen molar-refractivity contribution in [1.29, 1.82) is 0 Å². The quantitative estimate of drug-likeness (QED) is 0.806. The number of carboxylic acids is 1. The van der Waals surface area contributed by atoms with Crippen molar-refractivity contribution in [2.45, 2.75) is 64.1 Å². The van der Waals surface area contributed by atoms with Crippen molar-refractivity contribution in [2.24, 2.45) is 5.92 Å². The fourth-order valence-corrected chi connectivity index (χ4v) is 3.85. The van der Waals surface area contributed by atoms with E-state index in [1.54, 1.807) is 4.90 Å². The van der Waals surface area contributed by atoms with Crippen LogP contribution in [0.4, 0.5) is 4.79 Å². The summed E-state index contributed by atoms with van der Waals surface area (Å²) in [5.74, 6) is -0.558. The first-order valence-electron chi connectivity index (χ1n) is 7.85. The van der Waals surface area contributed by atoms with Gasteiger partial charge in [-0.05, 0) is 45.4 Å². The first-order valence-corrected chi connectivity index (χ1v) is 7.85. The summed E-state index contributed by atoms with van der Waals surface area (Å²) in [6.07, 6.45) is 3.73. The topological polar surface area (TPSA) is 81.1 Å². The Morgan fingerprint density at radius 3 is 2.24 bits per heavy atom. The van der Waals surface area contributed by atoms with Crippen LogP contribution < -0.4 is 0 Å². The third-order valence-corrected chi connectivity index (χ3v) is 4.72. The van der Waals surface area contributed by atoms with Gasteiger partial charge in [-0.15, -0.1) is 0 Å². The zero-order valence-corrected chi connectivity index (χ0v) is 12.9. The van der Waals surface area contributed by atoms with E-state index >= 15 is 0 Å². The molecule has 0 radical (unpaired) electrons. The molecule has 0 aromatic carbocycles. The minimum Gasteiger partial charge on any atom is -0.481 e. The van der Waals surface area contributed by atoms with Gasteiger partial charge in [-0.1, -0.05) is 0 Å². The molecule has 0 aromatic rings. The van der Waals surface area contributed by atoms with Crippen LogP contribution in [0.3, 0.4) is 0 Å². The Morgan fingerprint density at radius 2 is 1.81 bits per heavy atom. The Kier molecular flexibility index (Phi) is 5.08. The number of aliphatic carboxylic acids is 1. The maximum absolute atomic E-state index is 12.7. The molecule has 2 heterocycles. The van der Waals surface area contributed by atoms with Crippen LogP contribution in [0.5, 0.6) is 0 Å². The number of carboxylic acid groups (broad SMARTS) is 1. The van der Waals surface area contributed by atoms with Gasteiger partial charge in [-0.25, -0.2) is 4.79 Å². The van der Waals surface area contributed by atoms with Crippen molar-refractivity contribution in [3.05, 3.63) is 0 Å².